The molecule has 0 aliphatic carbocycles. The molecular weight excluding hydrogens is 266 g/mol. The molecule has 1 aromatic rings. The van der Waals surface area contributed by atoms with Gasteiger partial charge in [0.2, 0.25) is 0 Å². The van der Waals surface area contributed by atoms with Crippen molar-refractivity contribution in [2.45, 2.75) is 65.0 Å². The monoisotopic (exact) mass is 295 g/mol. The van der Waals surface area contributed by atoms with Crippen LogP contribution in [-0.4, -0.2) is 34.7 Å². The van der Waals surface area contributed by atoms with Gasteiger partial charge >= 0.3 is 5.97 Å². The third-order valence-corrected chi connectivity index (χ3v) is 3.80. The number of methoxy groups -OCH3 is 1. The Hall–Kier alpha value is -1.36. The quantitative estimate of drug-likeness (QED) is 0.712. The smallest absolute Gasteiger partial charge is 0.325 e. The van der Waals surface area contributed by atoms with Crippen LogP contribution in [0, 0.1) is 0 Å². The molecule has 21 heavy (non-hydrogen) atoms. The number of aryl methyl sites for hydroxylation is 1. The summed E-state index contributed by atoms with van der Waals surface area (Å²) in [5.41, 5.74) is -0.669. The normalized spacial score (nSPS) is 15.5. The van der Waals surface area contributed by atoms with Crippen LogP contribution in [0.2, 0.25) is 0 Å². The van der Waals surface area contributed by atoms with Gasteiger partial charge in [0.25, 0.3) is 0 Å². The van der Waals surface area contributed by atoms with E-state index >= 15 is 0 Å². The minimum atomic E-state index is -0.669. The lowest BCUT2D eigenvalue weighted by Gasteiger charge is -2.31. The molecule has 0 amide bonds. The van der Waals surface area contributed by atoms with E-state index in [0.29, 0.717) is 6.42 Å². The Morgan fingerprint density at radius 1 is 1.48 bits per heavy atom. The maximum atomic E-state index is 12.1. The summed E-state index contributed by atoms with van der Waals surface area (Å²) in [4.78, 5) is 16.6. The molecule has 0 radical (unpaired) electrons. The van der Waals surface area contributed by atoms with E-state index in [-0.39, 0.29) is 12.0 Å². The first-order chi connectivity index (χ1) is 9.98. The third kappa shape index (κ3) is 4.56. The van der Waals surface area contributed by atoms with Crippen LogP contribution in [-0.2, 0) is 16.0 Å². The third-order valence-electron chi connectivity index (χ3n) is 3.80. The highest BCUT2D eigenvalue weighted by atomic mass is 16.5. The number of nitrogens with one attached hydrogen (secondary N) is 1. The lowest BCUT2D eigenvalue weighted by atomic mass is 9.93. The predicted octanol–water partition coefficient (Wildman–Crippen LogP) is 2.72. The summed E-state index contributed by atoms with van der Waals surface area (Å²) in [6.45, 7) is 9.07. The largest absolute Gasteiger partial charge is 0.468 e. The van der Waals surface area contributed by atoms with Crippen molar-refractivity contribution >= 4 is 5.97 Å². The number of nitrogens with zero attached hydrogens (tertiary/aromatic N) is 2. The summed E-state index contributed by atoms with van der Waals surface area (Å²) in [6, 6.07) is 0.183. The lowest BCUT2D eigenvalue weighted by Crippen LogP contribution is -2.51. The molecule has 0 bridgehead atoms. The van der Waals surface area contributed by atoms with E-state index in [0.717, 1.165) is 31.6 Å². The Balaban J connectivity index is 2.86. The lowest BCUT2D eigenvalue weighted by molar-refractivity contribution is -0.148. The van der Waals surface area contributed by atoms with Crippen LogP contribution in [0.15, 0.2) is 12.4 Å². The van der Waals surface area contributed by atoms with Crippen LogP contribution in [0.1, 0.15) is 58.8 Å². The Bertz CT molecular complexity index is 444. The molecule has 0 saturated carbocycles. The van der Waals surface area contributed by atoms with Gasteiger partial charge in [-0.15, -0.1) is 0 Å². The fourth-order valence-corrected chi connectivity index (χ4v) is 2.71. The van der Waals surface area contributed by atoms with E-state index in [2.05, 4.69) is 35.6 Å². The van der Waals surface area contributed by atoms with Gasteiger partial charge in [0.1, 0.15) is 11.4 Å². The molecule has 0 aromatic carbocycles. The first kappa shape index (κ1) is 17.7. The molecule has 2 unspecified atom stereocenters. The number of carbonyl (C=O) groups excluding carboxylic acids is 1. The van der Waals surface area contributed by atoms with Gasteiger partial charge in [-0.2, -0.15) is 0 Å². The summed E-state index contributed by atoms with van der Waals surface area (Å²) in [6.07, 6.45) is 7.49. The molecule has 5 nitrogen and oxygen atoms in total. The molecule has 0 spiro atoms. The second-order valence-electron chi connectivity index (χ2n) is 5.80. The standard InChI is InChI=1S/C16H29N3O2/c1-6-8-14-17-10-11-19(14)13(3)12-16(4,15(20)21-5)18-9-7-2/h10-11,13,18H,6-9,12H2,1-5H3. The average molecular weight is 295 g/mol. The number of imidazole rings is 1. The zero-order chi connectivity index (χ0) is 15.9. The van der Waals surface area contributed by atoms with Gasteiger partial charge in [0.15, 0.2) is 0 Å². The summed E-state index contributed by atoms with van der Waals surface area (Å²) in [5, 5.41) is 3.33. The van der Waals surface area contributed by atoms with E-state index in [1.807, 2.05) is 19.3 Å². The van der Waals surface area contributed by atoms with Crippen molar-refractivity contribution in [1.29, 1.82) is 0 Å². The maximum Gasteiger partial charge on any atom is 0.325 e. The molecule has 1 N–H and O–H groups in total. The minimum Gasteiger partial charge on any atom is -0.468 e. The van der Waals surface area contributed by atoms with E-state index in [1.165, 1.54) is 7.11 Å². The van der Waals surface area contributed by atoms with Crippen LogP contribution < -0.4 is 5.32 Å². The number of aromatic nitrogens is 2. The van der Waals surface area contributed by atoms with Crippen molar-refractivity contribution in [2.24, 2.45) is 0 Å². The molecule has 0 aliphatic heterocycles. The minimum absolute atomic E-state index is 0.183. The molecule has 120 valence electrons. The molecular formula is C16H29N3O2. The number of rotatable bonds is 9. The number of ether oxygens (including phenoxy) is 1. The van der Waals surface area contributed by atoms with Gasteiger partial charge < -0.3 is 14.6 Å². The van der Waals surface area contributed by atoms with Gasteiger partial charge in [-0.3, -0.25) is 4.79 Å². The average Bonchev–Trinajstić information content (AvgIpc) is 2.93. The van der Waals surface area contributed by atoms with Crippen molar-refractivity contribution in [3.8, 4) is 0 Å². The van der Waals surface area contributed by atoms with Crippen molar-refractivity contribution < 1.29 is 9.53 Å². The highest BCUT2D eigenvalue weighted by Gasteiger charge is 2.35. The Morgan fingerprint density at radius 3 is 2.76 bits per heavy atom. The highest BCUT2D eigenvalue weighted by molar-refractivity contribution is 5.80. The highest BCUT2D eigenvalue weighted by Crippen LogP contribution is 2.24. The molecule has 0 aliphatic rings. The molecule has 0 saturated heterocycles. The van der Waals surface area contributed by atoms with E-state index in [1.54, 1.807) is 0 Å². The van der Waals surface area contributed by atoms with Crippen molar-refractivity contribution in [1.82, 2.24) is 14.9 Å². The van der Waals surface area contributed by atoms with Crippen molar-refractivity contribution in [3.05, 3.63) is 18.2 Å². The van der Waals surface area contributed by atoms with Gasteiger partial charge in [-0.05, 0) is 39.7 Å². The van der Waals surface area contributed by atoms with Crippen LogP contribution in [0.4, 0.5) is 0 Å². The SMILES string of the molecule is CCCNC(C)(CC(C)n1ccnc1CCC)C(=O)OC. The second kappa shape index (κ2) is 8.17. The first-order valence-corrected chi connectivity index (χ1v) is 7.83. The van der Waals surface area contributed by atoms with Crippen LogP contribution in [0.3, 0.4) is 0 Å². The first-order valence-electron chi connectivity index (χ1n) is 7.83. The Labute approximate surface area is 128 Å². The zero-order valence-corrected chi connectivity index (χ0v) is 14.0. The van der Waals surface area contributed by atoms with Crippen LogP contribution >= 0.6 is 0 Å². The van der Waals surface area contributed by atoms with E-state index in [9.17, 15) is 4.79 Å². The Morgan fingerprint density at radius 2 is 2.19 bits per heavy atom. The summed E-state index contributed by atoms with van der Waals surface area (Å²) >= 11 is 0. The predicted molar refractivity (Wildman–Crippen MR) is 84.3 cm³/mol. The number of hydrogen-bond acceptors (Lipinski definition) is 4. The number of esters is 1. The fourth-order valence-electron chi connectivity index (χ4n) is 2.71. The van der Waals surface area contributed by atoms with Crippen molar-refractivity contribution in [3.63, 3.8) is 0 Å². The number of hydrogen-bond donors (Lipinski definition) is 1. The Kier molecular flexibility index (Phi) is 6.89. The fraction of sp³-hybridized carbons (Fsp3) is 0.750. The zero-order valence-electron chi connectivity index (χ0n) is 14.0. The summed E-state index contributed by atoms with van der Waals surface area (Å²) in [7, 11) is 1.44. The molecule has 1 heterocycles. The van der Waals surface area contributed by atoms with Gasteiger partial charge in [-0.25, -0.2) is 4.98 Å². The second-order valence-corrected chi connectivity index (χ2v) is 5.80. The topological polar surface area (TPSA) is 56.2 Å². The number of carbonyl (C=O) groups is 1. The summed E-state index contributed by atoms with van der Waals surface area (Å²) < 4.78 is 7.15. The van der Waals surface area contributed by atoms with Crippen LogP contribution in [0.5, 0.6) is 0 Å². The van der Waals surface area contributed by atoms with Crippen LogP contribution in [0.25, 0.3) is 0 Å². The molecule has 1 aromatic heterocycles. The molecule has 5 heteroatoms. The van der Waals surface area contributed by atoms with E-state index < -0.39 is 5.54 Å². The summed E-state index contributed by atoms with van der Waals surface area (Å²) in [5.74, 6) is 0.868. The maximum absolute atomic E-state index is 12.1. The van der Waals surface area contributed by atoms with E-state index in [4.69, 9.17) is 4.74 Å². The molecule has 1 rings (SSSR count). The van der Waals surface area contributed by atoms with Gasteiger partial charge in [0, 0.05) is 24.9 Å². The molecule has 2 atom stereocenters. The van der Waals surface area contributed by atoms with Crippen molar-refractivity contribution in [2.75, 3.05) is 13.7 Å². The van der Waals surface area contributed by atoms with Gasteiger partial charge in [-0.1, -0.05) is 13.8 Å². The molecule has 0 fully saturated rings. The van der Waals surface area contributed by atoms with Gasteiger partial charge in [0.05, 0.1) is 7.11 Å².